The van der Waals surface area contributed by atoms with E-state index in [-0.39, 0.29) is 11.7 Å². The van der Waals surface area contributed by atoms with Crippen LogP contribution in [0.4, 0.5) is 10.2 Å². The smallest absolute Gasteiger partial charge is 0.230 e. The number of nitrogens with zero attached hydrogens (tertiary/aromatic N) is 2. The standard InChI is InChI=1S/C22H26FN3O/c23-19-9-7-18(8-10-19)22(11-5-12-22)21(27)25-16-17-6-4-13-24-20(17)26-14-2-1-3-15-26/h4,6-10,13H,1-3,5,11-12,14-16H2,(H,25,27). The number of hydrogen-bond acceptors (Lipinski definition) is 3. The van der Waals surface area contributed by atoms with Crippen LogP contribution < -0.4 is 10.2 Å². The minimum absolute atomic E-state index is 0.0359. The van der Waals surface area contributed by atoms with Crippen LogP contribution in [-0.2, 0) is 16.8 Å². The molecular weight excluding hydrogens is 341 g/mol. The highest BCUT2D eigenvalue weighted by atomic mass is 19.1. The summed E-state index contributed by atoms with van der Waals surface area (Å²) in [6.45, 7) is 2.52. The number of hydrogen-bond donors (Lipinski definition) is 1. The Labute approximate surface area is 159 Å². The minimum atomic E-state index is -0.513. The molecule has 1 amide bonds. The number of halogens is 1. The molecule has 1 saturated heterocycles. The van der Waals surface area contributed by atoms with Gasteiger partial charge in [0.1, 0.15) is 11.6 Å². The van der Waals surface area contributed by atoms with Crippen molar-refractivity contribution >= 4 is 11.7 Å². The summed E-state index contributed by atoms with van der Waals surface area (Å²) < 4.78 is 13.3. The first-order chi connectivity index (χ1) is 13.2. The molecule has 4 rings (SSSR count). The van der Waals surface area contributed by atoms with E-state index in [4.69, 9.17) is 0 Å². The molecule has 142 valence electrons. The highest BCUT2D eigenvalue weighted by Crippen LogP contribution is 2.44. The van der Waals surface area contributed by atoms with Gasteiger partial charge in [0.25, 0.3) is 0 Å². The molecule has 27 heavy (non-hydrogen) atoms. The summed E-state index contributed by atoms with van der Waals surface area (Å²) >= 11 is 0. The van der Waals surface area contributed by atoms with Crippen LogP contribution in [0.5, 0.6) is 0 Å². The van der Waals surface area contributed by atoms with E-state index in [0.29, 0.717) is 6.54 Å². The highest BCUT2D eigenvalue weighted by molar-refractivity contribution is 5.89. The van der Waals surface area contributed by atoms with Crippen molar-refractivity contribution in [2.75, 3.05) is 18.0 Å². The molecule has 1 saturated carbocycles. The maximum Gasteiger partial charge on any atom is 0.230 e. The molecule has 0 radical (unpaired) electrons. The Balaban J connectivity index is 1.48. The summed E-state index contributed by atoms with van der Waals surface area (Å²) in [5.41, 5.74) is 1.46. The lowest BCUT2D eigenvalue weighted by atomic mass is 9.64. The largest absolute Gasteiger partial charge is 0.356 e. The molecule has 1 aromatic heterocycles. The van der Waals surface area contributed by atoms with Gasteiger partial charge in [-0.1, -0.05) is 24.6 Å². The van der Waals surface area contributed by atoms with Crippen molar-refractivity contribution in [3.8, 4) is 0 Å². The molecule has 0 spiro atoms. The molecule has 2 fully saturated rings. The number of nitrogens with one attached hydrogen (secondary N) is 1. The average Bonchev–Trinajstić information content (AvgIpc) is 2.68. The maximum atomic E-state index is 13.3. The van der Waals surface area contributed by atoms with Crippen LogP contribution >= 0.6 is 0 Å². The van der Waals surface area contributed by atoms with Gasteiger partial charge in [0.05, 0.1) is 5.41 Å². The van der Waals surface area contributed by atoms with Crippen molar-refractivity contribution in [1.82, 2.24) is 10.3 Å². The van der Waals surface area contributed by atoms with Gasteiger partial charge in [0.2, 0.25) is 5.91 Å². The van der Waals surface area contributed by atoms with Crippen LogP contribution in [0.2, 0.25) is 0 Å². The zero-order valence-corrected chi connectivity index (χ0v) is 15.6. The van der Waals surface area contributed by atoms with Crippen molar-refractivity contribution < 1.29 is 9.18 Å². The third-order valence-electron chi connectivity index (χ3n) is 6.00. The molecule has 0 bridgehead atoms. The Morgan fingerprint density at radius 1 is 1.07 bits per heavy atom. The number of carbonyl (C=O) groups is 1. The first kappa shape index (κ1) is 18.0. The topological polar surface area (TPSA) is 45.2 Å². The maximum absolute atomic E-state index is 13.3. The fraction of sp³-hybridized carbons (Fsp3) is 0.455. The quantitative estimate of drug-likeness (QED) is 0.870. The summed E-state index contributed by atoms with van der Waals surface area (Å²) in [6.07, 6.45) is 8.13. The summed E-state index contributed by atoms with van der Waals surface area (Å²) in [7, 11) is 0. The predicted octanol–water partition coefficient (Wildman–Crippen LogP) is 3.95. The fourth-order valence-electron chi connectivity index (χ4n) is 4.25. The van der Waals surface area contributed by atoms with E-state index in [0.717, 1.165) is 49.3 Å². The monoisotopic (exact) mass is 367 g/mol. The van der Waals surface area contributed by atoms with Gasteiger partial charge in [-0.25, -0.2) is 9.37 Å². The third-order valence-corrected chi connectivity index (χ3v) is 6.00. The normalized spacial score (nSPS) is 18.6. The molecular formula is C22H26FN3O. The Morgan fingerprint density at radius 2 is 1.81 bits per heavy atom. The van der Waals surface area contributed by atoms with E-state index in [2.05, 4.69) is 15.2 Å². The molecule has 1 aromatic carbocycles. The average molecular weight is 367 g/mol. The number of amides is 1. The van der Waals surface area contributed by atoms with E-state index in [9.17, 15) is 9.18 Å². The number of carbonyl (C=O) groups excluding carboxylic acids is 1. The summed E-state index contributed by atoms with van der Waals surface area (Å²) in [5, 5.41) is 3.13. The van der Waals surface area contributed by atoms with E-state index in [1.54, 1.807) is 12.1 Å². The van der Waals surface area contributed by atoms with Crippen molar-refractivity contribution in [2.24, 2.45) is 0 Å². The van der Waals surface area contributed by atoms with E-state index in [1.807, 2.05) is 18.3 Å². The first-order valence-electron chi connectivity index (χ1n) is 9.92. The van der Waals surface area contributed by atoms with Crippen LogP contribution in [0.25, 0.3) is 0 Å². The van der Waals surface area contributed by atoms with Crippen molar-refractivity contribution in [3.05, 3.63) is 59.5 Å². The Bertz CT molecular complexity index is 795. The van der Waals surface area contributed by atoms with Crippen LogP contribution in [0, 0.1) is 5.82 Å². The van der Waals surface area contributed by atoms with Crippen molar-refractivity contribution in [1.29, 1.82) is 0 Å². The lowest BCUT2D eigenvalue weighted by molar-refractivity contribution is -0.130. The van der Waals surface area contributed by atoms with Gasteiger partial charge >= 0.3 is 0 Å². The highest BCUT2D eigenvalue weighted by Gasteiger charge is 2.45. The van der Waals surface area contributed by atoms with E-state index in [1.165, 1.54) is 31.4 Å². The van der Waals surface area contributed by atoms with Gasteiger partial charge in [0, 0.05) is 31.4 Å². The number of rotatable bonds is 5. The van der Waals surface area contributed by atoms with E-state index >= 15 is 0 Å². The van der Waals surface area contributed by atoms with E-state index < -0.39 is 5.41 Å². The van der Waals surface area contributed by atoms with Gasteiger partial charge < -0.3 is 10.2 Å². The molecule has 1 aliphatic heterocycles. The SMILES string of the molecule is O=C(NCc1cccnc1N1CCCCC1)C1(c2ccc(F)cc2)CCC1. The summed E-state index contributed by atoms with van der Waals surface area (Å²) in [4.78, 5) is 20.0. The molecule has 2 heterocycles. The van der Waals surface area contributed by atoms with Crippen molar-refractivity contribution in [2.45, 2.75) is 50.5 Å². The van der Waals surface area contributed by atoms with Gasteiger partial charge in [0.15, 0.2) is 0 Å². The lowest BCUT2D eigenvalue weighted by Crippen LogP contribution is -2.49. The van der Waals surface area contributed by atoms with Crippen LogP contribution in [0.15, 0.2) is 42.6 Å². The number of pyridine rings is 1. The Kier molecular flexibility index (Phi) is 5.10. The van der Waals surface area contributed by atoms with Crippen molar-refractivity contribution in [3.63, 3.8) is 0 Å². The molecule has 0 atom stereocenters. The number of aromatic nitrogens is 1. The van der Waals surface area contributed by atoms with Crippen LogP contribution in [-0.4, -0.2) is 24.0 Å². The van der Waals surface area contributed by atoms with Gasteiger partial charge in [-0.2, -0.15) is 0 Å². The molecule has 2 aromatic rings. The minimum Gasteiger partial charge on any atom is -0.356 e. The second kappa shape index (κ2) is 7.67. The second-order valence-corrected chi connectivity index (χ2v) is 7.66. The number of anilines is 1. The predicted molar refractivity (Wildman–Crippen MR) is 104 cm³/mol. The van der Waals surface area contributed by atoms with Crippen LogP contribution in [0.3, 0.4) is 0 Å². The van der Waals surface area contributed by atoms with Gasteiger partial charge in [-0.05, 0) is 55.9 Å². The molecule has 5 heteroatoms. The number of benzene rings is 1. The third kappa shape index (κ3) is 3.55. The molecule has 1 N–H and O–H groups in total. The number of piperidine rings is 1. The van der Waals surface area contributed by atoms with Gasteiger partial charge in [-0.3, -0.25) is 4.79 Å². The summed E-state index contributed by atoms with van der Waals surface area (Å²) in [5.74, 6) is 0.755. The second-order valence-electron chi connectivity index (χ2n) is 7.66. The molecule has 2 aliphatic rings. The Morgan fingerprint density at radius 3 is 2.48 bits per heavy atom. The lowest BCUT2D eigenvalue weighted by Gasteiger charge is -2.40. The summed E-state index contributed by atoms with van der Waals surface area (Å²) in [6, 6.07) is 10.3. The molecule has 4 nitrogen and oxygen atoms in total. The van der Waals surface area contributed by atoms with Gasteiger partial charge in [-0.15, -0.1) is 0 Å². The van der Waals surface area contributed by atoms with Crippen LogP contribution in [0.1, 0.15) is 49.7 Å². The zero-order chi connectivity index (χ0) is 18.7. The first-order valence-corrected chi connectivity index (χ1v) is 9.92. The molecule has 0 unspecified atom stereocenters. The molecule has 1 aliphatic carbocycles. The zero-order valence-electron chi connectivity index (χ0n) is 15.6. The fourth-order valence-corrected chi connectivity index (χ4v) is 4.25. The Hall–Kier alpha value is -2.43.